The smallest absolute Gasteiger partial charge is 0.362 e. The molecule has 0 spiro atoms. The van der Waals surface area contributed by atoms with Gasteiger partial charge in [0.1, 0.15) is 5.70 Å². The van der Waals surface area contributed by atoms with Crippen LogP contribution in [0.25, 0.3) is 0 Å². The molecule has 1 aliphatic heterocycles. The van der Waals surface area contributed by atoms with E-state index in [0.29, 0.717) is 13.0 Å². The van der Waals surface area contributed by atoms with Crippen LogP contribution in [0.5, 0.6) is 11.5 Å². The minimum absolute atomic E-state index is 0.128. The Labute approximate surface area is 103 Å². The number of carbonyl (C=O) groups is 2. The van der Waals surface area contributed by atoms with Crippen molar-refractivity contribution >= 4 is 11.9 Å². The highest BCUT2D eigenvalue weighted by atomic mass is 16.6. The first-order chi connectivity index (χ1) is 8.56. The van der Waals surface area contributed by atoms with Gasteiger partial charge in [0, 0.05) is 6.54 Å². The summed E-state index contributed by atoms with van der Waals surface area (Å²) in [6, 6.07) is 4.48. The SMILES string of the molecule is O=C1C=C(NCCc2ccc(O)c(O)c2)C(=O)O1. The predicted octanol–water partition coefficient (Wildman–Crippen LogP) is 0.197. The Balaban J connectivity index is 1.89. The van der Waals surface area contributed by atoms with Crippen molar-refractivity contribution in [3.05, 3.63) is 35.5 Å². The van der Waals surface area contributed by atoms with Crippen molar-refractivity contribution < 1.29 is 24.5 Å². The fourth-order valence-corrected chi connectivity index (χ4v) is 1.54. The monoisotopic (exact) mass is 249 g/mol. The van der Waals surface area contributed by atoms with Gasteiger partial charge in [0.25, 0.3) is 0 Å². The van der Waals surface area contributed by atoms with Crippen LogP contribution in [0.4, 0.5) is 0 Å². The molecule has 94 valence electrons. The Morgan fingerprint density at radius 3 is 2.56 bits per heavy atom. The fourth-order valence-electron chi connectivity index (χ4n) is 1.54. The van der Waals surface area contributed by atoms with Gasteiger partial charge in [-0.15, -0.1) is 0 Å². The van der Waals surface area contributed by atoms with Crippen LogP contribution in [0.15, 0.2) is 30.0 Å². The van der Waals surface area contributed by atoms with Gasteiger partial charge in [-0.3, -0.25) is 0 Å². The third-order valence-electron chi connectivity index (χ3n) is 2.44. The lowest BCUT2D eigenvalue weighted by molar-refractivity contribution is -0.150. The maximum absolute atomic E-state index is 11.1. The average Bonchev–Trinajstić information content (AvgIpc) is 2.63. The van der Waals surface area contributed by atoms with Crippen molar-refractivity contribution in [3.63, 3.8) is 0 Å². The maximum atomic E-state index is 11.1. The summed E-state index contributed by atoms with van der Waals surface area (Å²) in [5, 5.41) is 21.2. The van der Waals surface area contributed by atoms with Gasteiger partial charge < -0.3 is 20.3 Å². The van der Waals surface area contributed by atoms with E-state index in [4.69, 9.17) is 5.11 Å². The Bertz CT molecular complexity index is 535. The molecule has 0 aromatic heterocycles. The van der Waals surface area contributed by atoms with Crippen molar-refractivity contribution in [1.29, 1.82) is 0 Å². The summed E-state index contributed by atoms with van der Waals surface area (Å²) in [7, 11) is 0. The second kappa shape index (κ2) is 4.79. The van der Waals surface area contributed by atoms with E-state index in [-0.39, 0.29) is 17.2 Å². The standard InChI is InChI=1S/C12H11NO5/c14-9-2-1-7(5-10(9)15)3-4-13-8-6-11(16)18-12(8)17/h1-2,5-6,13-15H,3-4H2. The first-order valence-electron chi connectivity index (χ1n) is 5.29. The van der Waals surface area contributed by atoms with Crippen LogP contribution < -0.4 is 5.32 Å². The highest BCUT2D eigenvalue weighted by molar-refractivity contribution is 6.08. The van der Waals surface area contributed by atoms with Crippen LogP contribution in [0, 0.1) is 0 Å². The largest absolute Gasteiger partial charge is 0.504 e. The lowest BCUT2D eigenvalue weighted by Crippen LogP contribution is -2.20. The molecule has 0 unspecified atom stereocenters. The molecule has 1 aromatic rings. The van der Waals surface area contributed by atoms with E-state index < -0.39 is 11.9 Å². The van der Waals surface area contributed by atoms with E-state index >= 15 is 0 Å². The first kappa shape index (κ1) is 12.0. The van der Waals surface area contributed by atoms with Crippen molar-refractivity contribution in [2.24, 2.45) is 0 Å². The number of phenolic OH excluding ortho intramolecular Hbond substituents is 2. The molecule has 0 amide bonds. The number of hydrogen-bond acceptors (Lipinski definition) is 6. The normalized spacial score (nSPS) is 14.3. The van der Waals surface area contributed by atoms with Gasteiger partial charge >= 0.3 is 11.9 Å². The van der Waals surface area contributed by atoms with E-state index in [9.17, 15) is 14.7 Å². The topological polar surface area (TPSA) is 95.9 Å². The molecule has 0 saturated carbocycles. The van der Waals surface area contributed by atoms with Gasteiger partial charge in [0.05, 0.1) is 6.08 Å². The second-order valence-corrected chi connectivity index (χ2v) is 3.77. The molecule has 1 aliphatic rings. The van der Waals surface area contributed by atoms with Gasteiger partial charge in [-0.2, -0.15) is 0 Å². The van der Waals surface area contributed by atoms with Crippen LogP contribution in [0.1, 0.15) is 5.56 Å². The zero-order valence-electron chi connectivity index (χ0n) is 9.34. The lowest BCUT2D eigenvalue weighted by Gasteiger charge is -2.05. The molecule has 0 radical (unpaired) electrons. The lowest BCUT2D eigenvalue weighted by atomic mass is 10.1. The van der Waals surface area contributed by atoms with Gasteiger partial charge in [-0.05, 0) is 24.1 Å². The van der Waals surface area contributed by atoms with Gasteiger partial charge in [-0.25, -0.2) is 9.59 Å². The number of phenols is 2. The molecular formula is C12H11NO5. The van der Waals surface area contributed by atoms with Gasteiger partial charge in [0.2, 0.25) is 0 Å². The van der Waals surface area contributed by atoms with Crippen LogP contribution in [-0.4, -0.2) is 28.7 Å². The number of ether oxygens (including phenoxy) is 1. The molecule has 1 aromatic carbocycles. The van der Waals surface area contributed by atoms with Crippen LogP contribution in [0.3, 0.4) is 0 Å². The predicted molar refractivity (Wildman–Crippen MR) is 60.7 cm³/mol. The van der Waals surface area contributed by atoms with Crippen LogP contribution in [-0.2, 0) is 20.7 Å². The summed E-state index contributed by atoms with van der Waals surface area (Å²) in [5.41, 5.74) is 0.916. The molecule has 6 heteroatoms. The molecule has 18 heavy (non-hydrogen) atoms. The maximum Gasteiger partial charge on any atom is 0.362 e. The highest BCUT2D eigenvalue weighted by Gasteiger charge is 2.22. The Morgan fingerprint density at radius 2 is 1.94 bits per heavy atom. The van der Waals surface area contributed by atoms with Crippen LogP contribution >= 0.6 is 0 Å². The van der Waals surface area contributed by atoms with E-state index in [1.54, 1.807) is 6.07 Å². The number of benzene rings is 1. The molecule has 1 heterocycles. The summed E-state index contributed by atoms with van der Waals surface area (Å²) < 4.78 is 4.31. The Morgan fingerprint density at radius 1 is 1.17 bits per heavy atom. The van der Waals surface area contributed by atoms with Crippen LogP contribution in [0.2, 0.25) is 0 Å². The second-order valence-electron chi connectivity index (χ2n) is 3.77. The molecule has 2 rings (SSSR count). The number of nitrogens with one attached hydrogen (secondary N) is 1. The molecule has 3 N–H and O–H groups in total. The molecule has 6 nitrogen and oxygen atoms in total. The Kier molecular flexibility index (Phi) is 3.18. The van der Waals surface area contributed by atoms with E-state index in [2.05, 4.69) is 10.1 Å². The zero-order chi connectivity index (χ0) is 13.1. The fraction of sp³-hybridized carbons (Fsp3) is 0.167. The summed E-state index contributed by atoms with van der Waals surface area (Å²) in [6.45, 7) is 0.401. The van der Waals surface area contributed by atoms with E-state index in [1.807, 2.05) is 0 Å². The summed E-state index contributed by atoms with van der Waals surface area (Å²) in [5.74, 6) is -1.74. The Hall–Kier alpha value is -2.50. The highest BCUT2D eigenvalue weighted by Crippen LogP contribution is 2.24. The van der Waals surface area contributed by atoms with Gasteiger partial charge in [0.15, 0.2) is 11.5 Å². The van der Waals surface area contributed by atoms with Crippen molar-refractivity contribution in [2.45, 2.75) is 6.42 Å². The molecule has 0 saturated heterocycles. The molecule has 0 fully saturated rings. The van der Waals surface area contributed by atoms with Crippen molar-refractivity contribution in [1.82, 2.24) is 5.32 Å². The number of carbonyl (C=O) groups excluding carboxylic acids is 2. The molecule has 0 aliphatic carbocycles. The third-order valence-corrected chi connectivity index (χ3v) is 2.44. The van der Waals surface area contributed by atoms with E-state index in [0.717, 1.165) is 11.6 Å². The van der Waals surface area contributed by atoms with E-state index in [1.165, 1.54) is 12.1 Å². The summed E-state index contributed by atoms with van der Waals surface area (Å²) >= 11 is 0. The molecule has 0 bridgehead atoms. The minimum Gasteiger partial charge on any atom is -0.504 e. The number of esters is 2. The number of aromatic hydroxyl groups is 2. The van der Waals surface area contributed by atoms with Gasteiger partial charge in [-0.1, -0.05) is 6.07 Å². The first-order valence-corrected chi connectivity index (χ1v) is 5.29. The number of hydrogen-bond donors (Lipinski definition) is 3. The molecule has 0 atom stereocenters. The zero-order valence-corrected chi connectivity index (χ0v) is 9.34. The minimum atomic E-state index is -0.687. The molecular weight excluding hydrogens is 238 g/mol. The van der Waals surface area contributed by atoms with Crippen molar-refractivity contribution in [2.75, 3.05) is 6.54 Å². The quantitative estimate of drug-likeness (QED) is 0.400. The number of rotatable bonds is 4. The van der Waals surface area contributed by atoms with Crippen molar-refractivity contribution in [3.8, 4) is 11.5 Å². The summed E-state index contributed by atoms with van der Waals surface area (Å²) in [6.07, 6.45) is 1.61. The number of cyclic esters (lactones) is 2. The summed E-state index contributed by atoms with van der Waals surface area (Å²) in [4.78, 5) is 21.8. The average molecular weight is 249 g/mol. The third kappa shape index (κ3) is 2.60.